The number of benzene rings is 1. The van der Waals surface area contributed by atoms with Crippen molar-refractivity contribution in [3.8, 4) is 0 Å². The van der Waals surface area contributed by atoms with Gasteiger partial charge in [0.2, 0.25) is 0 Å². The van der Waals surface area contributed by atoms with E-state index in [-0.39, 0.29) is 6.04 Å². The molecule has 2 nitrogen and oxygen atoms in total. The first-order valence-electron chi connectivity index (χ1n) is 6.61. The van der Waals surface area contributed by atoms with Gasteiger partial charge in [-0.3, -0.25) is 0 Å². The van der Waals surface area contributed by atoms with E-state index in [1.807, 2.05) is 43.0 Å². The van der Waals surface area contributed by atoms with Gasteiger partial charge in [0, 0.05) is 16.2 Å². The van der Waals surface area contributed by atoms with E-state index in [1.165, 1.54) is 10.5 Å². The van der Waals surface area contributed by atoms with Crippen LogP contribution in [0.2, 0.25) is 0 Å². The number of aryl methyl sites for hydroxylation is 1. The van der Waals surface area contributed by atoms with Crippen LogP contribution >= 0.6 is 11.8 Å². The molecule has 0 aliphatic rings. The first kappa shape index (κ1) is 14.2. The van der Waals surface area contributed by atoms with Crippen molar-refractivity contribution in [2.24, 2.45) is 11.7 Å². The fraction of sp³-hybridized carbons (Fsp3) is 0.375. The summed E-state index contributed by atoms with van der Waals surface area (Å²) >= 11 is 1.81. The van der Waals surface area contributed by atoms with Crippen LogP contribution in [0.25, 0.3) is 0 Å². The molecule has 2 rings (SSSR count). The molecule has 3 heteroatoms. The summed E-state index contributed by atoms with van der Waals surface area (Å²) in [5.41, 5.74) is 7.65. The molecule has 2 atom stereocenters. The zero-order valence-electron chi connectivity index (χ0n) is 11.7. The van der Waals surface area contributed by atoms with Crippen LogP contribution in [0.15, 0.2) is 52.0 Å². The SMILES string of the molecule is Cc1occc1SC(C(C)C)C(N)c1ccccc1. The quantitative estimate of drug-likeness (QED) is 0.822. The van der Waals surface area contributed by atoms with Crippen LogP contribution in [0.3, 0.4) is 0 Å². The Kier molecular flexibility index (Phi) is 4.72. The lowest BCUT2D eigenvalue weighted by Gasteiger charge is -2.27. The molecule has 2 unspecified atom stereocenters. The predicted octanol–water partition coefficient (Wildman–Crippen LogP) is 4.40. The lowest BCUT2D eigenvalue weighted by atomic mass is 9.97. The number of nitrogens with two attached hydrogens (primary N) is 1. The Balaban J connectivity index is 2.19. The van der Waals surface area contributed by atoms with E-state index < -0.39 is 0 Å². The third kappa shape index (κ3) is 3.43. The van der Waals surface area contributed by atoms with Crippen LogP contribution in [0.1, 0.15) is 31.2 Å². The maximum atomic E-state index is 6.46. The number of hydrogen-bond donors (Lipinski definition) is 1. The molecule has 0 spiro atoms. The number of thioether (sulfide) groups is 1. The van der Waals surface area contributed by atoms with E-state index in [2.05, 4.69) is 26.0 Å². The maximum Gasteiger partial charge on any atom is 0.114 e. The molecule has 0 radical (unpaired) electrons. The second-order valence-corrected chi connectivity index (χ2v) is 6.32. The summed E-state index contributed by atoms with van der Waals surface area (Å²) in [6.07, 6.45) is 1.74. The molecule has 0 bridgehead atoms. The maximum absolute atomic E-state index is 6.46. The summed E-state index contributed by atoms with van der Waals surface area (Å²) in [6.45, 7) is 6.43. The summed E-state index contributed by atoms with van der Waals surface area (Å²) in [6, 6.07) is 12.4. The van der Waals surface area contributed by atoms with E-state index in [9.17, 15) is 0 Å². The molecular formula is C16H21NOS. The van der Waals surface area contributed by atoms with Crippen LogP contribution in [-0.4, -0.2) is 5.25 Å². The minimum Gasteiger partial charge on any atom is -0.468 e. The van der Waals surface area contributed by atoms with Crippen molar-refractivity contribution >= 4 is 11.8 Å². The predicted molar refractivity (Wildman–Crippen MR) is 81.3 cm³/mol. The third-order valence-corrected chi connectivity index (χ3v) is 5.06. The minimum absolute atomic E-state index is 0.0282. The van der Waals surface area contributed by atoms with Crippen LogP contribution < -0.4 is 5.73 Å². The third-order valence-electron chi connectivity index (χ3n) is 3.27. The molecule has 1 heterocycles. The first-order chi connectivity index (χ1) is 9.09. The van der Waals surface area contributed by atoms with Crippen LogP contribution in [0, 0.1) is 12.8 Å². The number of rotatable bonds is 5. The Hall–Kier alpha value is -1.19. The van der Waals surface area contributed by atoms with Gasteiger partial charge in [-0.25, -0.2) is 0 Å². The molecular weight excluding hydrogens is 254 g/mol. The van der Waals surface area contributed by atoms with Crippen molar-refractivity contribution in [2.45, 2.75) is 37.0 Å². The summed E-state index contributed by atoms with van der Waals surface area (Å²) in [5, 5.41) is 0.332. The van der Waals surface area contributed by atoms with E-state index in [1.54, 1.807) is 6.26 Å². The zero-order chi connectivity index (χ0) is 13.8. The summed E-state index contributed by atoms with van der Waals surface area (Å²) in [5.74, 6) is 1.46. The number of hydrogen-bond acceptors (Lipinski definition) is 3. The fourth-order valence-electron chi connectivity index (χ4n) is 2.13. The van der Waals surface area contributed by atoms with Crippen LogP contribution in [0.4, 0.5) is 0 Å². The zero-order valence-corrected chi connectivity index (χ0v) is 12.5. The highest BCUT2D eigenvalue weighted by Gasteiger charge is 2.25. The molecule has 102 valence electrons. The van der Waals surface area contributed by atoms with Gasteiger partial charge in [-0.15, -0.1) is 11.8 Å². The van der Waals surface area contributed by atoms with Crippen LogP contribution in [-0.2, 0) is 0 Å². The van der Waals surface area contributed by atoms with Gasteiger partial charge in [0.15, 0.2) is 0 Å². The molecule has 19 heavy (non-hydrogen) atoms. The minimum atomic E-state index is 0.0282. The second kappa shape index (κ2) is 6.31. The molecule has 0 amide bonds. The normalized spacial score (nSPS) is 14.6. The molecule has 0 fully saturated rings. The molecule has 0 aliphatic heterocycles. The van der Waals surface area contributed by atoms with Gasteiger partial charge < -0.3 is 10.2 Å². The Bertz CT molecular complexity index is 506. The topological polar surface area (TPSA) is 39.2 Å². The van der Waals surface area contributed by atoms with Crippen molar-refractivity contribution in [1.82, 2.24) is 0 Å². The Morgan fingerprint density at radius 3 is 2.32 bits per heavy atom. The summed E-state index contributed by atoms with van der Waals surface area (Å²) in [4.78, 5) is 1.19. The van der Waals surface area contributed by atoms with Gasteiger partial charge in [0.05, 0.1) is 6.26 Å². The van der Waals surface area contributed by atoms with Crippen molar-refractivity contribution in [3.05, 3.63) is 54.0 Å². The molecule has 2 aromatic rings. The smallest absolute Gasteiger partial charge is 0.114 e. The van der Waals surface area contributed by atoms with E-state index in [0.29, 0.717) is 11.2 Å². The van der Waals surface area contributed by atoms with E-state index >= 15 is 0 Å². The lowest BCUT2D eigenvalue weighted by molar-refractivity contribution is 0.519. The molecule has 0 saturated carbocycles. The molecule has 0 saturated heterocycles. The van der Waals surface area contributed by atoms with E-state index in [0.717, 1.165) is 5.76 Å². The highest BCUT2D eigenvalue weighted by Crippen LogP contribution is 2.37. The fourth-order valence-corrected chi connectivity index (χ4v) is 3.35. The molecule has 1 aromatic carbocycles. The average Bonchev–Trinajstić information content (AvgIpc) is 2.81. The Morgan fingerprint density at radius 1 is 1.11 bits per heavy atom. The second-order valence-electron chi connectivity index (χ2n) is 5.10. The molecule has 2 N–H and O–H groups in total. The summed E-state index contributed by atoms with van der Waals surface area (Å²) in [7, 11) is 0. The number of furan rings is 1. The van der Waals surface area contributed by atoms with Crippen molar-refractivity contribution in [2.75, 3.05) is 0 Å². The highest BCUT2D eigenvalue weighted by molar-refractivity contribution is 8.00. The molecule has 0 aliphatic carbocycles. The van der Waals surface area contributed by atoms with Gasteiger partial charge in [-0.1, -0.05) is 44.2 Å². The van der Waals surface area contributed by atoms with Crippen LogP contribution in [0.5, 0.6) is 0 Å². The first-order valence-corrected chi connectivity index (χ1v) is 7.49. The Morgan fingerprint density at radius 2 is 1.79 bits per heavy atom. The average molecular weight is 275 g/mol. The monoisotopic (exact) mass is 275 g/mol. The van der Waals surface area contributed by atoms with Crippen molar-refractivity contribution in [3.63, 3.8) is 0 Å². The lowest BCUT2D eigenvalue weighted by Crippen LogP contribution is -2.28. The highest BCUT2D eigenvalue weighted by atomic mass is 32.2. The van der Waals surface area contributed by atoms with Crippen molar-refractivity contribution < 1.29 is 4.42 Å². The van der Waals surface area contributed by atoms with Gasteiger partial charge in [0.25, 0.3) is 0 Å². The van der Waals surface area contributed by atoms with Gasteiger partial charge in [-0.2, -0.15) is 0 Å². The largest absolute Gasteiger partial charge is 0.468 e. The Labute approximate surface area is 119 Å². The molecule has 1 aromatic heterocycles. The van der Waals surface area contributed by atoms with Gasteiger partial charge >= 0.3 is 0 Å². The van der Waals surface area contributed by atoms with Gasteiger partial charge in [-0.05, 0) is 24.5 Å². The van der Waals surface area contributed by atoms with Crippen molar-refractivity contribution in [1.29, 1.82) is 0 Å². The van der Waals surface area contributed by atoms with Gasteiger partial charge in [0.1, 0.15) is 5.76 Å². The standard InChI is InChI=1S/C16H21NOS/c1-11(2)16(19-14-9-10-18-12(14)3)15(17)13-7-5-4-6-8-13/h4-11,15-16H,17H2,1-3H3. The van der Waals surface area contributed by atoms with E-state index in [4.69, 9.17) is 10.2 Å². The summed E-state index contributed by atoms with van der Waals surface area (Å²) < 4.78 is 5.37.